The molecule has 3 rings (SSSR count). The fourth-order valence-corrected chi connectivity index (χ4v) is 3.95. The lowest BCUT2D eigenvalue weighted by atomic mass is 10.4. The molecule has 11 heteroatoms. The molecule has 0 aliphatic rings. The van der Waals surface area contributed by atoms with Gasteiger partial charge in [0.05, 0.1) is 11.6 Å². The van der Waals surface area contributed by atoms with Gasteiger partial charge in [-0.15, -0.1) is 5.10 Å². The maximum atomic E-state index is 12.4. The van der Waals surface area contributed by atoms with Gasteiger partial charge in [-0.2, -0.15) is 5.10 Å². The second kappa shape index (κ2) is 7.58. The first-order valence-electron chi connectivity index (χ1n) is 7.40. The van der Waals surface area contributed by atoms with Crippen molar-refractivity contribution in [2.45, 2.75) is 11.4 Å². The zero-order chi connectivity index (χ0) is 18.7. The molecule has 0 saturated carbocycles. The summed E-state index contributed by atoms with van der Waals surface area (Å²) in [6.07, 6.45) is 3.26. The smallest absolute Gasteiger partial charge is 0.266 e. The molecule has 26 heavy (non-hydrogen) atoms. The second-order valence-electron chi connectivity index (χ2n) is 5.18. The lowest BCUT2D eigenvalue weighted by molar-refractivity contribution is 0.542. The first-order valence-corrected chi connectivity index (χ1v) is 9.64. The summed E-state index contributed by atoms with van der Waals surface area (Å²) in [6.45, 7) is -0.0218. The number of hydrogen-bond donors (Lipinski definition) is 1. The first kappa shape index (κ1) is 18.6. The Morgan fingerprint density at radius 3 is 2.69 bits per heavy atom. The van der Waals surface area contributed by atoms with Crippen LogP contribution in [0.15, 0.2) is 58.5 Å². The van der Waals surface area contributed by atoms with Gasteiger partial charge >= 0.3 is 0 Å². The third-order valence-electron chi connectivity index (χ3n) is 3.39. The Hall–Kier alpha value is -2.20. The van der Waals surface area contributed by atoms with E-state index in [1.165, 1.54) is 35.0 Å². The summed E-state index contributed by atoms with van der Waals surface area (Å²) in [5.74, 6) is 0.440. The zero-order valence-electron chi connectivity index (χ0n) is 13.2. The molecule has 0 aliphatic heterocycles. The van der Waals surface area contributed by atoms with Crippen LogP contribution in [0.3, 0.4) is 0 Å². The Kier molecular flexibility index (Phi) is 5.42. The quantitative estimate of drug-likeness (QED) is 0.662. The average molecular weight is 414 g/mol. The van der Waals surface area contributed by atoms with Crippen LogP contribution in [0.25, 0.3) is 5.82 Å². The van der Waals surface area contributed by atoms with E-state index in [4.69, 9.17) is 23.2 Å². The van der Waals surface area contributed by atoms with Crippen molar-refractivity contribution < 1.29 is 8.42 Å². The van der Waals surface area contributed by atoms with Crippen LogP contribution in [-0.2, 0) is 16.6 Å². The van der Waals surface area contributed by atoms with Crippen LogP contribution in [0, 0.1) is 0 Å². The van der Waals surface area contributed by atoms with Crippen LogP contribution < -0.4 is 10.3 Å². The predicted molar refractivity (Wildman–Crippen MR) is 97.3 cm³/mol. The molecule has 136 valence electrons. The Morgan fingerprint density at radius 2 is 1.96 bits per heavy atom. The number of aromatic nitrogens is 4. The minimum absolute atomic E-state index is 0.0331. The van der Waals surface area contributed by atoms with E-state index in [0.717, 1.165) is 4.68 Å². The fraction of sp³-hybridized carbons (Fsp3) is 0.133. The third kappa shape index (κ3) is 4.13. The summed E-state index contributed by atoms with van der Waals surface area (Å²) in [5.41, 5.74) is -0.360. The third-order valence-corrected chi connectivity index (χ3v) is 5.57. The predicted octanol–water partition coefficient (Wildman–Crippen LogP) is 1.71. The van der Waals surface area contributed by atoms with Gasteiger partial charge in [-0.1, -0.05) is 23.2 Å². The van der Waals surface area contributed by atoms with E-state index in [-0.39, 0.29) is 33.6 Å². The molecule has 1 N–H and O–H groups in total. The summed E-state index contributed by atoms with van der Waals surface area (Å²) < 4.78 is 29.7. The van der Waals surface area contributed by atoms with Crippen molar-refractivity contribution in [3.8, 4) is 5.82 Å². The van der Waals surface area contributed by atoms with Crippen molar-refractivity contribution in [2.75, 3.05) is 6.54 Å². The summed E-state index contributed by atoms with van der Waals surface area (Å²) in [6, 6.07) is 8.74. The molecule has 2 heterocycles. The number of nitrogens with one attached hydrogen (secondary N) is 1. The Morgan fingerprint density at radius 1 is 1.15 bits per heavy atom. The number of benzene rings is 1. The summed E-state index contributed by atoms with van der Waals surface area (Å²) in [5, 5.41) is 8.50. The van der Waals surface area contributed by atoms with E-state index in [1.54, 1.807) is 18.5 Å². The molecule has 0 aliphatic carbocycles. The number of rotatable bonds is 6. The van der Waals surface area contributed by atoms with Crippen molar-refractivity contribution in [1.82, 2.24) is 24.3 Å². The highest BCUT2D eigenvalue weighted by molar-refractivity contribution is 7.89. The van der Waals surface area contributed by atoms with Gasteiger partial charge in [-0.05, 0) is 30.3 Å². The highest BCUT2D eigenvalue weighted by atomic mass is 35.5. The summed E-state index contributed by atoms with van der Waals surface area (Å²) >= 11 is 11.7. The van der Waals surface area contributed by atoms with Gasteiger partial charge in [0.25, 0.3) is 5.56 Å². The molecular formula is C15H13Cl2N5O3S. The van der Waals surface area contributed by atoms with Crippen LogP contribution in [-0.4, -0.2) is 34.5 Å². The highest BCUT2D eigenvalue weighted by Crippen LogP contribution is 2.24. The zero-order valence-corrected chi connectivity index (χ0v) is 15.5. The van der Waals surface area contributed by atoms with E-state index in [1.807, 2.05) is 0 Å². The molecule has 0 saturated heterocycles. The maximum Gasteiger partial charge on any atom is 0.266 e. The van der Waals surface area contributed by atoms with Gasteiger partial charge in [-0.25, -0.2) is 22.5 Å². The maximum absolute atomic E-state index is 12.4. The van der Waals surface area contributed by atoms with Crippen LogP contribution in [0.1, 0.15) is 0 Å². The first-order chi connectivity index (χ1) is 12.4. The molecule has 0 unspecified atom stereocenters. The van der Waals surface area contributed by atoms with Gasteiger partial charge in [0.15, 0.2) is 5.82 Å². The van der Waals surface area contributed by atoms with Gasteiger partial charge in [-0.3, -0.25) is 4.79 Å². The molecule has 3 aromatic rings. The molecule has 2 aromatic heterocycles. The largest absolute Gasteiger partial charge is 0.268 e. The monoisotopic (exact) mass is 413 g/mol. The van der Waals surface area contributed by atoms with Crippen LogP contribution in [0.2, 0.25) is 10.0 Å². The van der Waals surface area contributed by atoms with E-state index in [2.05, 4.69) is 14.9 Å². The lowest BCUT2D eigenvalue weighted by Gasteiger charge is -2.10. The van der Waals surface area contributed by atoms with Crippen molar-refractivity contribution in [2.24, 2.45) is 0 Å². The Balaban J connectivity index is 1.74. The Labute approximate surface area is 159 Å². The van der Waals surface area contributed by atoms with E-state index < -0.39 is 10.0 Å². The average Bonchev–Trinajstić information content (AvgIpc) is 3.13. The summed E-state index contributed by atoms with van der Waals surface area (Å²) in [4.78, 5) is 11.8. The molecule has 8 nitrogen and oxygen atoms in total. The van der Waals surface area contributed by atoms with Gasteiger partial charge in [0.2, 0.25) is 10.0 Å². The van der Waals surface area contributed by atoms with Gasteiger partial charge in [0, 0.05) is 30.0 Å². The van der Waals surface area contributed by atoms with Crippen LogP contribution in [0.4, 0.5) is 0 Å². The fourth-order valence-electron chi connectivity index (χ4n) is 2.17. The summed E-state index contributed by atoms with van der Waals surface area (Å²) in [7, 11) is -3.88. The van der Waals surface area contributed by atoms with Crippen molar-refractivity contribution >= 4 is 33.2 Å². The van der Waals surface area contributed by atoms with E-state index in [0.29, 0.717) is 5.82 Å². The molecule has 0 fully saturated rings. The van der Waals surface area contributed by atoms with Crippen LogP contribution in [0.5, 0.6) is 0 Å². The molecule has 0 amide bonds. The lowest BCUT2D eigenvalue weighted by Crippen LogP contribution is -2.32. The van der Waals surface area contributed by atoms with E-state index >= 15 is 0 Å². The topological polar surface area (TPSA) is 98.9 Å². The highest BCUT2D eigenvalue weighted by Gasteiger charge is 2.18. The molecule has 0 spiro atoms. The number of sulfonamides is 1. The molecule has 0 bridgehead atoms. The molecule has 1 aromatic carbocycles. The molecular weight excluding hydrogens is 401 g/mol. The number of halogens is 2. The Bertz CT molecular complexity index is 1080. The SMILES string of the molecule is O=c1ccc(-n2cccn2)nn1CCNS(=O)(=O)c1cc(Cl)ccc1Cl. The van der Waals surface area contributed by atoms with E-state index in [9.17, 15) is 13.2 Å². The normalized spacial score (nSPS) is 11.6. The van der Waals surface area contributed by atoms with Crippen molar-refractivity contribution in [3.63, 3.8) is 0 Å². The van der Waals surface area contributed by atoms with Crippen LogP contribution >= 0.6 is 23.2 Å². The number of hydrogen-bond acceptors (Lipinski definition) is 5. The standard InChI is InChI=1S/C15H13Cl2N5O3S/c16-11-2-3-12(17)13(10-11)26(24,25)19-7-9-22-15(23)5-4-14(20-22)21-8-1-6-18-21/h1-6,8,10,19H,7,9H2. The minimum Gasteiger partial charge on any atom is -0.268 e. The van der Waals surface area contributed by atoms with Gasteiger partial charge in [0.1, 0.15) is 4.90 Å². The number of nitrogens with zero attached hydrogens (tertiary/aromatic N) is 4. The van der Waals surface area contributed by atoms with Gasteiger partial charge < -0.3 is 0 Å². The molecule has 0 radical (unpaired) electrons. The van der Waals surface area contributed by atoms with Crippen molar-refractivity contribution in [1.29, 1.82) is 0 Å². The molecule has 0 atom stereocenters. The second-order valence-corrected chi connectivity index (χ2v) is 7.76. The van der Waals surface area contributed by atoms with Crippen molar-refractivity contribution in [3.05, 3.63) is 69.2 Å². The minimum atomic E-state index is -3.88.